The molecule has 0 N–H and O–H groups in total. The molecular formula is C64H46N2Si. The quantitative estimate of drug-likeness (QED) is 0.0956. The number of benzene rings is 10. The summed E-state index contributed by atoms with van der Waals surface area (Å²) in [5.41, 5.74) is 14.2. The van der Waals surface area contributed by atoms with E-state index in [2.05, 4.69) is 255 Å². The monoisotopic (exact) mass is 870 g/mol. The molecular weight excluding hydrogens is 825 g/mol. The zero-order chi connectivity index (χ0) is 44.8. The van der Waals surface area contributed by atoms with Crippen molar-refractivity contribution in [2.45, 2.75) is 0 Å². The molecule has 1 aromatic heterocycles. The molecule has 0 spiro atoms. The Labute approximate surface area is 394 Å². The summed E-state index contributed by atoms with van der Waals surface area (Å²) in [5.74, 6) is 0.703. The van der Waals surface area contributed by atoms with E-state index in [1.165, 1.54) is 43.0 Å². The van der Waals surface area contributed by atoms with Crippen molar-refractivity contribution in [1.29, 1.82) is 0 Å². The van der Waals surface area contributed by atoms with Gasteiger partial charge in [0.25, 0.3) is 0 Å². The van der Waals surface area contributed by atoms with Crippen molar-refractivity contribution in [1.82, 2.24) is 9.97 Å². The van der Waals surface area contributed by atoms with Gasteiger partial charge in [-0.05, 0) is 83.5 Å². The number of aromatic nitrogens is 2. The largest absolute Gasteiger partial charge is 0.228 e. The van der Waals surface area contributed by atoms with Crippen LogP contribution in [0.25, 0.3) is 78.4 Å². The average Bonchev–Trinajstić information content (AvgIpc) is 3.42. The van der Waals surface area contributed by atoms with Crippen molar-refractivity contribution < 1.29 is 0 Å². The number of hydrogen-bond donors (Lipinski definition) is 0. The Hall–Kier alpha value is -8.50. The highest BCUT2D eigenvalue weighted by Gasteiger charge is 2.41. The second kappa shape index (κ2) is 18.5. The van der Waals surface area contributed by atoms with E-state index in [9.17, 15) is 0 Å². The summed E-state index contributed by atoms with van der Waals surface area (Å²) < 4.78 is 0. The Balaban J connectivity index is 1.12. The summed E-state index contributed by atoms with van der Waals surface area (Å²) in [5, 5.41) is 5.38. The zero-order valence-electron chi connectivity index (χ0n) is 37.0. The maximum atomic E-state index is 5.16. The van der Waals surface area contributed by atoms with Crippen LogP contribution in [0.15, 0.2) is 279 Å². The minimum absolute atomic E-state index is 0.703. The lowest BCUT2D eigenvalue weighted by Gasteiger charge is -2.34. The second-order valence-corrected chi connectivity index (χ2v) is 20.7. The van der Waals surface area contributed by atoms with Crippen LogP contribution in [0.4, 0.5) is 0 Å². The Morgan fingerprint density at radius 3 is 1.07 bits per heavy atom. The first-order valence-electron chi connectivity index (χ1n) is 22.9. The molecule has 10 aromatic carbocycles. The van der Waals surface area contributed by atoms with Gasteiger partial charge in [-0.25, -0.2) is 9.97 Å². The molecule has 67 heavy (non-hydrogen) atoms. The highest BCUT2D eigenvalue weighted by molar-refractivity contribution is 7.19. The van der Waals surface area contributed by atoms with Gasteiger partial charge in [-0.1, -0.05) is 261 Å². The third kappa shape index (κ3) is 8.14. The van der Waals surface area contributed by atoms with Crippen molar-refractivity contribution in [3.63, 3.8) is 0 Å². The molecule has 0 fully saturated rings. The van der Waals surface area contributed by atoms with Crippen molar-refractivity contribution >= 4 is 28.8 Å². The molecule has 0 atom stereocenters. The van der Waals surface area contributed by atoms with Gasteiger partial charge in [0.05, 0.1) is 11.4 Å². The van der Waals surface area contributed by atoms with Gasteiger partial charge in [-0.15, -0.1) is 0 Å². The molecule has 0 radical (unpaired) electrons. The summed E-state index contributed by atoms with van der Waals surface area (Å²) in [6.45, 7) is 0. The Kier molecular flexibility index (Phi) is 11.4. The summed E-state index contributed by atoms with van der Waals surface area (Å²) in [4.78, 5) is 10.2. The molecule has 0 saturated heterocycles. The molecule has 1 heterocycles. The first-order valence-corrected chi connectivity index (χ1v) is 24.9. The third-order valence-electron chi connectivity index (χ3n) is 12.9. The minimum atomic E-state index is -2.82. The summed E-state index contributed by atoms with van der Waals surface area (Å²) in [6.07, 6.45) is 0. The fourth-order valence-electron chi connectivity index (χ4n) is 9.68. The zero-order valence-corrected chi connectivity index (χ0v) is 38.0. The van der Waals surface area contributed by atoms with Gasteiger partial charge in [0, 0.05) is 16.7 Å². The standard InChI is InChI=1S/C64H46N2Si/c1-8-23-47(24-9-1)54-44-59(48-39-41-50(42-40-48)62-46-61(49-25-10-2-11-26-49)65-64(66-62)52-29-14-4-15-30-52)63(51-27-12-3-13-28-51)60(45-54)53-31-22-38-58(43-53)67(55-32-16-5-17-33-55,56-34-18-6-19-35-56)57-36-20-7-21-37-57/h1-46H. The number of rotatable bonds is 11. The van der Waals surface area contributed by atoms with Gasteiger partial charge in [0.2, 0.25) is 0 Å². The summed E-state index contributed by atoms with van der Waals surface area (Å²) in [6, 6.07) is 101. The predicted molar refractivity (Wildman–Crippen MR) is 284 cm³/mol. The SMILES string of the molecule is c1ccc(-c2cc(-c3ccc(-c4cc(-c5ccccc5)nc(-c5ccccc5)n4)cc3)c(-c3ccccc3)c(-c3cccc([Si](c4ccccc4)(c4ccccc4)c4ccccc4)c3)c2)cc1. The highest BCUT2D eigenvalue weighted by atomic mass is 28.3. The van der Waals surface area contributed by atoms with Gasteiger partial charge in [-0.3, -0.25) is 0 Å². The van der Waals surface area contributed by atoms with Crippen LogP contribution in [0, 0.1) is 0 Å². The van der Waals surface area contributed by atoms with Crippen LogP contribution in [-0.2, 0) is 0 Å². The van der Waals surface area contributed by atoms with E-state index < -0.39 is 8.07 Å². The second-order valence-electron chi connectivity index (χ2n) is 16.9. The fourth-order valence-corrected chi connectivity index (χ4v) is 14.5. The van der Waals surface area contributed by atoms with Gasteiger partial charge >= 0.3 is 0 Å². The van der Waals surface area contributed by atoms with Gasteiger partial charge in [0.1, 0.15) is 0 Å². The van der Waals surface area contributed by atoms with Crippen LogP contribution in [0.2, 0.25) is 0 Å². The normalized spacial score (nSPS) is 11.3. The molecule has 0 aliphatic heterocycles. The molecule has 316 valence electrons. The summed E-state index contributed by atoms with van der Waals surface area (Å²) in [7, 11) is -2.82. The first kappa shape index (κ1) is 41.2. The lowest BCUT2D eigenvalue weighted by Crippen LogP contribution is -2.74. The van der Waals surface area contributed by atoms with Crippen LogP contribution >= 0.6 is 0 Å². The first-order chi connectivity index (χ1) is 33.2. The van der Waals surface area contributed by atoms with Crippen LogP contribution in [-0.4, -0.2) is 18.0 Å². The van der Waals surface area contributed by atoms with E-state index >= 15 is 0 Å². The Bertz CT molecular complexity index is 3250. The van der Waals surface area contributed by atoms with Crippen molar-refractivity contribution in [3.05, 3.63) is 279 Å². The molecule has 2 nitrogen and oxygen atoms in total. The molecule has 0 saturated carbocycles. The lowest BCUT2D eigenvalue weighted by atomic mass is 9.84. The molecule has 0 unspecified atom stereocenters. The molecule has 0 aliphatic carbocycles. The van der Waals surface area contributed by atoms with E-state index in [0.717, 1.165) is 50.3 Å². The van der Waals surface area contributed by atoms with Gasteiger partial charge < -0.3 is 0 Å². The highest BCUT2D eigenvalue weighted by Crippen LogP contribution is 2.44. The third-order valence-corrected chi connectivity index (χ3v) is 17.6. The molecule has 11 rings (SSSR count). The van der Waals surface area contributed by atoms with E-state index in [4.69, 9.17) is 9.97 Å². The number of hydrogen-bond acceptors (Lipinski definition) is 2. The number of nitrogens with zero attached hydrogens (tertiary/aromatic N) is 2. The molecule has 0 aliphatic rings. The van der Waals surface area contributed by atoms with Crippen molar-refractivity contribution in [2.24, 2.45) is 0 Å². The van der Waals surface area contributed by atoms with E-state index in [1.807, 2.05) is 24.3 Å². The Morgan fingerprint density at radius 2 is 0.582 bits per heavy atom. The van der Waals surface area contributed by atoms with Crippen molar-refractivity contribution in [2.75, 3.05) is 0 Å². The lowest BCUT2D eigenvalue weighted by molar-refractivity contribution is 1.18. The van der Waals surface area contributed by atoms with E-state index in [1.54, 1.807) is 0 Å². The predicted octanol–water partition coefficient (Wildman–Crippen LogP) is 13.5. The maximum absolute atomic E-state index is 5.16. The summed E-state index contributed by atoms with van der Waals surface area (Å²) >= 11 is 0. The van der Waals surface area contributed by atoms with Crippen LogP contribution in [0.3, 0.4) is 0 Å². The van der Waals surface area contributed by atoms with Crippen LogP contribution in [0.1, 0.15) is 0 Å². The Morgan fingerprint density at radius 1 is 0.224 bits per heavy atom. The fraction of sp³-hybridized carbons (Fsp3) is 0. The minimum Gasteiger partial charge on any atom is -0.228 e. The topological polar surface area (TPSA) is 25.8 Å². The van der Waals surface area contributed by atoms with Crippen LogP contribution in [0.5, 0.6) is 0 Å². The molecule has 0 bridgehead atoms. The van der Waals surface area contributed by atoms with Gasteiger partial charge in [-0.2, -0.15) is 0 Å². The average molecular weight is 871 g/mol. The molecule has 11 aromatic rings. The van der Waals surface area contributed by atoms with Crippen LogP contribution < -0.4 is 20.7 Å². The smallest absolute Gasteiger partial charge is 0.179 e. The molecule has 0 amide bonds. The molecule has 3 heteroatoms. The maximum Gasteiger partial charge on any atom is 0.179 e. The van der Waals surface area contributed by atoms with E-state index in [0.29, 0.717) is 5.82 Å². The van der Waals surface area contributed by atoms with Gasteiger partial charge in [0.15, 0.2) is 13.9 Å². The van der Waals surface area contributed by atoms with Crippen molar-refractivity contribution in [3.8, 4) is 78.4 Å². The van der Waals surface area contributed by atoms with E-state index in [-0.39, 0.29) is 0 Å².